The molecule has 2 aliphatic rings. The molecule has 2 rings (SSSR count). The van der Waals surface area contributed by atoms with Crippen LogP contribution in [-0.2, 0) is 19.1 Å². The molecule has 0 saturated heterocycles. The van der Waals surface area contributed by atoms with Gasteiger partial charge < -0.3 is 14.6 Å². The SMILES string of the molecule is CCOC(=O)C1(O)COC2=C1C(=O)CCCC2. The van der Waals surface area contributed by atoms with Crippen LogP contribution in [0.1, 0.15) is 32.6 Å². The van der Waals surface area contributed by atoms with Gasteiger partial charge in [0.1, 0.15) is 12.4 Å². The van der Waals surface area contributed by atoms with E-state index in [2.05, 4.69) is 0 Å². The van der Waals surface area contributed by atoms with Gasteiger partial charge in [-0.1, -0.05) is 0 Å². The van der Waals surface area contributed by atoms with E-state index >= 15 is 0 Å². The van der Waals surface area contributed by atoms with Crippen molar-refractivity contribution in [3.8, 4) is 0 Å². The third kappa shape index (κ3) is 1.95. The molecule has 0 bridgehead atoms. The molecule has 1 atom stereocenters. The minimum absolute atomic E-state index is 0.119. The molecule has 1 unspecified atom stereocenters. The van der Waals surface area contributed by atoms with Gasteiger partial charge >= 0.3 is 5.97 Å². The first-order valence-corrected chi connectivity index (χ1v) is 5.89. The predicted octanol–water partition coefficient (Wildman–Crippen LogP) is 0.708. The lowest BCUT2D eigenvalue weighted by Gasteiger charge is -2.20. The molecule has 1 aliphatic heterocycles. The molecule has 0 saturated carbocycles. The summed E-state index contributed by atoms with van der Waals surface area (Å²) in [5, 5.41) is 10.3. The van der Waals surface area contributed by atoms with Crippen LogP contribution < -0.4 is 0 Å². The van der Waals surface area contributed by atoms with Crippen molar-refractivity contribution in [2.75, 3.05) is 13.2 Å². The number of Topliss-reactive ketones (excluding diaryl/α,β-unsaturated/α-hetero) is 1. The molecule has 0 radical (unpaired) electrons. The Morgan fingerprint density at radius 1 is 1.47 bits per heavy atom. The van der Waals surface area contributed by atoms with Crippen molar-refractivity contribution >= 4 is 11.8 Å². The van der Waals surface area contributed by atoms with Gasteiger partial charge in [-0.05, 0) is 19.8 Å². The lowest BCUT2D eigenvalue weighted by Crippen LogP contribution is -2.45. The van der Waals surface area contributed by atoms with Crippen LogP contribution in [0.25, 0.3) is 0 Å². The van der Waals surface area contributed by atoms with Gasteiger partial charge in [-0.25, -0.2) is 4.79 Å². The minimum atomic E-state index is -1.90. The molecule has 17 heavy (non-hydrogen) atoms. The van der Waals surface area contributed by atoms with E-state index < -0.39 is 11.6 Å². The van der Waals surface area contributed by atoms with Gasteiger partial charge in [0.2, 0.25) is 5.60 Å². The van der Waals surface area contributed by atoms with E-state index in [-0.39, 0.29) is 24.6 Å². The maximum Gasteiger partial charge on any atom is 0.346 e. The summed E-state index contributed by atoms with van der Waals surface area (Å²) in [7, 11) is 0. The van der Waals surface area contributed by atoms with E-state index in [4.69, 9.17) is 9.47 Å². The van der Waals surface area contributed by atoms with Crippen molar-refractivity contribution in [2.24, 2.45) is 0 Å². The van der Waals surface area contributed by atoms with E-state index in [9.17, 15) is 14.7 Å². The Morgan fingerprint density at radius 3 is 2.88 bits per heavy atom. The highest BCUT2D eigenvalue weighted by Gasteiger charge is 2.52. The number of allylic oxidation sites excluding steroid dienone is 1. The molecular weight excluding hydrogens is 224 g/mol. The number of aliphatic hydroxyl groups is 1. The van der Waals surface area contributed by atoms with Gasteiger partial charge in [0.25, 0.3) is 0 Å². The lowest BCUT2D eigenvalue weighted by molar-refractivity contribution is -0.163. The number of esters is 1. The topological polar surface area (TPSA) is 72.8 Å². The van der Waals surface area contributed by atoms with Gasteiger partial charge in [0.15, 0.2) is 5.78 Å². The average Bonchev–Trinajstić information content (AvgIpc) is 2.51. The number of hydrogen-bond donors (Lipinski definition) is 1. The van der Waals surface area contributed by atoms with Gasteiger partial charge in [0, 0.05) is 12.8 Å². The zero-order chi connectivity index (χ0) is 12.5. The van der Waals surface area contributed by atoms with Gasteiger partial charge in [-0.2, -0.15) is 0 Å². The molecule has 0 spiro atoms. The maximum absolute atomic E-state index is 11.9. The predicted molar refractivity (Wildman–Crippen MR) is 58.0 cm³/mol. The van der Waals surface area contributed by atoms with Crippen LogP contribution >= 0.6 is 0 Å². The summed E-state index contributed by atoms with van der Waals surface area (Å²) in [6, 6.07) is 0. The molecule has 0 aromatic heterocycles. The molecular formula is C12H16O5. The molecule has 0 fully saturated rings. The van der Waals surface area contributed by atoms with E-state index in [1.807, 2.05) is 0 Å². The number of ether oxygens (including phenoxy) is 2. The second-order valence-electron chi connectivity index (χ2n) is 4.30. The molecule has 0 amide bonds. The van der Waals surface area contributed by atoms with Crippen molar-refractivity contribution in [1.82, 2.24) is 0 Å². The molecule has 5 nitrogen and oxygen atoms in total. The Labute approximate surface area is 99.4 Å². The number of hydrogen-bond acceptors (Lipinski definition) is 5. The summed E-state index contributed by atoms with van der Waals surface area (Å²) in [6.45, 7) is 1.61. The first-order valence-electron chi connectivity index (χ1n) is 5.89. The maximum atomic E-state index is 11.9. The fourth-order valence-corrected chi connectivity index (χ4v) is 2.26. The van der Waals surface area contributed by atoms with Crippen LogP contribution in [0.4, 0.5) is 0 Å². The molecule has 1 heterocycles. The Morgan fingerprint density at radius 2 is 2.18 bits per heavy atom. The first kappa shape index (κ1) is 12.1. The molecule has 1 N–H and O–H groups in total. The third-order valence-corrected chi connectivity index (χ3v) is 3.10. The molecule has 5 heteroatoms. The highest BCUT2D eigenvalue weighted by molar-refractivity contribution is 6.05. The smallest absolute Gasteiger partial charge is 0.346 e. The van der Waals surface area contributed by atoms with Crippen molar-refractivity contribution in [1.29, 1.82) is 0 Å². The van der Waals surface area contributed by atoms with E-state index in [0.29, 0.717) is 18.6 Å². The molecule has 94 valence electrons. The van der Waals surface area contributed by atoms with Crippen LogP contribution in [-0.4, -0.2) is 35.7 Å². The zero-order valence-electron chi connectivity index (χ0n) is 9.82. The first-order chi connectivity index (χ1) is 8.09. The highest BCUT2D eigenvalue weighted by Crippen LogP contribution is 2.36. The van der Waals surface area contributed by atoms with Crippen LogP contribution in [0, 0.1) is 0 Å². The Hall–Kier alpha value is -1.36. The summed E-state index contributed by atoms with van der Waals surface area (Å²) in [6.07, 6.45) is 2.55. The van der Waals surface area contributed by atoms with Crippen molar-refractivity contribution < 1.29 is 24.2 Å². The van der Waals surface area contributed by atoms with Crippen LogP contribution in [0.5, 0.6) is 0 Å². The van der Waals surface area contributed by atoms with Crippen molar-refractivity contribution in [2.45, 2.75) is 38.2 Å². The largest absolute Gasteiger partial charge is 0.493 e. The Balaban J connectivity index is 2.34. The Kier molecular flexibility index (Phi) is 3.19. The average molecular weight is 240 g/mol. The number of ketones is 1. The van der Waals surface area contributed by atoms with Crippen LogP contribution in [0.15, 0.2) is 11.3 Å². The van der Waals surface area contributed by atoms with Crippen molar-refractivity contribution in [3.63, 3.8) is 0 Å². The van der Waals surface area contributed by atoms with Gasteiger partial charge in [0.05, 0.1) is 12.2 Å². The van der Waals surface area contributed by atoms with Crippen LogP contribution in [0.2, 0.25) is 0 Å². The fourth-order valence-electron chi connectivity index (χ4n) is 2.26. The second kappa shape index (κ2) is 4.49. The molecule has 0 aromatic rings. The quantitative estimate of drug-likeness (QED) is 0.719. The second-order valence-corrected chi connectivity index (χ2v) is 4.30. The monoisotopic (exact) mass is 240 g/mol. The van der Waals surface area contributed by atoms with Gasteiger partial charge in [-0.3, -0.25) is 4.79 Å². The summed E-state index contributed by atoms with van der Waals surface area (Å²) >= 11 is 0. The molecule has 1 aliphatic carbocycles. The van der Waals surface area contributed by atoms with Gasteiger partial charge in [-0.15, -0.1) is 0 Å². The van der Waals surface area contributed by atoms with Crippen LogP contribution in [0.3, 0.4) is 0 Å². The summed E-state index contributed by atoms with van der Waals surface area (Å²) in [4.78, 5) is 23.7. The summed E-state index contributed by atoms with van der Waals surface area (Å²) in [5.41, 5.74) is -1.78. The fraction of sp³-hybridized carbons (Fsp3) is 0.667. The standard InChI is InChI=1S/C12H16O5/c1-2-16-11(14)12(15)7-17-9-6-4-3-5-8(13)10(9)12/h15H,2-7H2,1H3. The van der Waals surface area contributed by atoms with Crippen molar-refractivity contribution in [3.05, 3.63) is 11.3 Å². The number of rotatable bonds is 2. The normalized spacial score (nSPS) is 28.5. The van der Waals surface area contributed by atoms with E-state index in [1.165, 1.54) is 0 Å². The lowest BCUT2D eigenvalue weighted by atomic mass is 9.91. The highest BCUT2D eigenvalue weighted by atomic mass is 16.6. The summed E-state index contributed by atoms with van der Waals surface area (Å²) in [5.74, 6) is -0.533. The third-order valence-electron chi connectivity index (χ3n) is 3.10. The zero-order valence-corrected chi connectivity index (χ0v) is 9.82. The number of carbonyl (C=O) groups excluding carboxylic acids is 2. The number of carbonyl (C=O) groups is 2. The van der Waals surface area contributed by atoms with E-state index in [0.717, 1.165) is 12.8 Å². The molecule has 0 aromatic carbocycles. The minimum Gasteiger partial charge on any atom is -0.493 e. The van der Waals surface area contributed by atoms with E-state index in [1.54, 1.807) is 6.92 Å². The summed E-state index contributed by atoms with van der Waals surface area (Å²) < 4.78 is 10.1. The Bertz CT molecular complexity index is 384.